The lowest BCUT2D eigenvalue weighted by molar-refractivity contribution is -0.136. The Bertz CT molecular complexity index is 2550. The molecular weight excluding hydrogens is 834 g/mol. The van der Waals surface area contributed by atoms with Gasteiger partial charge in [-0.05, 0) is 55.7 Å². The number of H-pyrrole nitrogens is 1. The van der Waals surface area contributed by atoms with Crippen LogP contribution in [0.25, 0.3) is 11.0 Å². The quantitative estimate of drug-likeness (QED) is 0.0483. The van der Waals surface area contributed by atoms with Crippen molar-refractivity contribution in [1.29, 1.82) is 0 Å². The van der Waals surface area contributed by atoms with Crippen molar-refractivity contribution >= 4 is 69.6 Å². The fourth-order valence-corrected chi connectivity index (χ4v) is 8.03. The number of likely N-dealkylation sites (tertiary alicyclic amines) is 1. The number of nitrogens with one attached hydrogen (secondary N) is 5. The molecule has 3 aromatic carbocycles. The first-order valence-electron chi connectivity index (χ1n) is 20.6. The van der Waals surface area contributed by atoms with Gasteiger partial charge < -0.3 is 40.0 Å². The molecule has 5 heterocycles. The molecule has 19 heteroatoms. The topological polar surface area (TPSA) is 226 Å². The molecule has 0 radical (unpaired) electrons. The third kappa shape index (κ3) is 9.62. The lowest BCUT2D eigenvalue weighted by Gasteiger charge is -2.32. The average Bonchev–Trinajstić information content (AvgIpc) is 3.83. The maximum Gasteiger partial charge on any atom is 0.317 e. The van der Waals surface area contributed by atoms with E-state index in [0.29, 0.717) is 104 Å². The van der Waals surface area contributed by atoms with Crippen LogP contribution >= 0.6 is 11.6 Å². The van der Waals surface area contributed by atoms with Crippen LogP contribution in [0.1, 0.15) is 62.3 Å². The van der Waals surface area contributed by atoms with Gasteiger partial charge in [-0.2, -0.15) is 0 Å². The molecule has 0 saturated carbocycles. The Hall–Kier alpha value is -6.89. The van der Waals surface area contributed by atoms with Gasteiger partial charge in [0.05, 0.1) is 53.5 Å². The van der Waals surface area contributed by atoms with Gasteiger partial charge in [-0.25, -0.2) is 14.8 Å². The minimum absolute atomic E-state index is 0.00270. The summed E-state index contributed by atoms with van der Waals surface area (Å²) in [6.45, 7) is 2.86. The number of benzene rings is 3. The minimum atomic E-state index is -1.04. The van der Waals surface area contributed by atoms with Gasteiger partial charge in [-0.1, -0.05) is 35.9 Å². The van der Waals surface area contributed by atoms with Gasteiger partial charge >= 0.3 is 6.03 Å². The van der Waals surface area contributed by atoms with E-state index in [4.69, 9.17) is 25.8 Å². The smallest absolute Gasteiger partial charge is 0.317 e. The SMILES string of the molecule is O=C1CCC(N2C(=O)c3cccc(NCCOCCOCCNC(=O)N4CCC(Nc5ncnc6[nH]cc(C(=O)c7ccc(Oc8ccccc8)cc7Cl)c56)CC4)c3C2=O)C(=O)N1. The second-order valence-electron chi connectivity index (χ2n) is 15.0. The maximum absolute atomic E-state index is 13.8. The van der Waals surface area contributed by atoms with Crippen molar-refractivity contribution in [3.05, 3.63) is 107 Å². The van der Waals surface area contributed by atoms with E-state index in [1.807, 2.05) is 30.3 Å². The normalized spacial score (nSPS) is 16.6. The molecule has 326 valence electrons. The second-order valence-corrected chi connectivity index (χ2v) is 15.4. The van der Waals surface area contributed by atoms with E-state index in [2.05, 4.69) is 36.2 Å². The van der Waals surface area contributed by atoms with Crippen molar-refractivity contribution in [2.24, 2.45) is 0 Å². The monoisotopic (exact) mass is 877 g/mol. The van der Waals surface area contributed by atoms with Gasteiger partial charge in [-0.3, -0.25) is 34.2 Å². The lowest BCUT2D eigenvalue weighted by Crippen LogP contribution is -2.54. The van der Waals surface area contributed by atoms with Crippen LogP contribution < -0.4 is 26.0 Å². The Kier molecular flexibility index (Phi) is 13.2. The molecule has 0 spiro atoms. The first-order chi connectivity index (χ1) is 30.7. The minimum Gasteiger partial charge on any atom is -0.457 e. The second kappa shape index (κ2) is 19.4. The molecule has 5 aromatic rings. The van der Waals surface area contributed by atoms with Crippen LogP contribution in [-0.2, 0) is 19.1 Å². The molecule has 1 unspecified atom stereocenters. The number of fused-ring (bicyclic) bond motifs is 2. The first-order valence-corrected chi connectivity index (χ1v) is 21.0. The molecule has 0 aliphatic carbocycles. The number of carbonyl (C=O) groups excluding carboxylic acids is 6. The number of nitrogens with zero attached hydrogens (tertiary/aromatic N) is 4. The number of para-hydroxylation sites is 1. The predicted molar refractivity (Wildman–Crippen MR) is 230 cm³/mol. The number of imide groups is 2. The third-order valence-corrected chi connectivity index (χ3v) is 11.2. The zero-order valence-electron chi connectivity index (χ0n) is 34.0. The van der Waals surface area contributed by atoms with Gasteiger partial charge in [0.2, 0.25) is 11.8 Å². The Morgan fingerprint density at radius 2 is 1.60 bits per heavy atom. The van der Waals surface area contributed by atoms with E-state index in [0.717, 1.165) is 4.90 Å². The number of amides is 6. The van der Waals surface area contributed by atoms with Crippen LogP contribution in [0.5, 0.6) is 11.5 Å². The van der Waals surface area contributed by atoms with Crippen molar-refractivity contribution in [1.82, 2.24) is 35.4 Å². The van der Waals surface area contributed by atoms with E-state index in [1.54, 1.807) is 41.4 Å². The van der Waals surface area contributed by atoms with Crippen LogP contribution in [0.4, 0.5) is 16.3 Å². The number of anilines is 2. The lowest BCUT2D eigenvalue weighted by atomic mass is 10.0. The summed E-state index contributed by atoms with van der Waals surface area (Å²) in [5, 5.41) is 12.5. The van der Waals surface area contributed by atoms with Crippen LogP contribution in [0.3, 0.4) is 0 Å². The number of hydrogen-bond donors (Lipinski definition) is 5. The molecule has 0 bridgehead atoms. The Labute approximate surface area is 366 Å². The van der Waals surface area contributed by atoms with E-state index in [-0.39, 0.29) is 53.5 Å². The molecule has 63 heavy (non-hydrogen) atoms. The molecule has 3 aliphatic heterocycles. The number of hydrogen-bond acceptors (Lipinski definition) is 13. The average molecular weight is 878 g/mol. The zero-order chi connectivity index (χ0) is 43.9. The number of aromatic nitrogens is 3. The summed E-state index contributed by atoms with van der Waals surface area (Å²) in [4.78, 5) is 91.5. The summed E-state index contributed by atoms with van der Waals surface area (Å²) in [6, 6.07) is 17.9. The van der Waals surface area contributed by atoms with Gasteiger partial charge in [0.1, 0.15) is 35.3 Å². The van der Waals surface area contributed by atoms with Crippen molar-refractivity contribution in [2.45, 2.75) is 37.8 Å². The molecule has 6 amide bonds. The van der Waals surface area contributed by atoms with E-state index in [1.165, 1.54) is 12.4 Å². The zero-order valence-corrected chi connectivity index (χ0v) is 34.7. The van der Waals surface area contributed by atoms with Gasteiger partial charge in [0, 0.05) is 62.2 Å². The van der Waals surface area contributed by atoms with Crippen LogP contribution in [0, 0.1) is 0 Å². The summed E-state index contributed by atoms with van der Waals surface area (Å²) in [5.74, 6) is -0.870. The summed E-state index contributed by atoms with van der Waals surface area (Å²) in [5.41, 5.74) is 2.02. The van der Waals surface area contributed by atoms with Gasteiger partial charge in [0.15, 0.2) is 5.78 Å². The Morgan fingerprint density at radius 1 is 0.825 bits per heavy atom. The maximum atomic E-state index is 13.8. The molecule has 18 nitrogen and oxygen atoms in total. The molecule has 5 N–H and O–H groups in total. The third-order valence-electron chi connectivity index (χ3n) is 10.9. The van der Waals surface area contributed by atoms with Crippen LogP contribution in [-0.4, -0.2) is 125 Å². The first kappa shape index (κ1) is 42.8. The summed E-state index contributed by atoms with van der Waals surface area (Å²) < 4.78 is 17.1. The summed E-state index contributed by atoms with van der Waals surface area (Å²) in [7, 11) is 0. The van der Waals surface area contributed by atoms with Crippen LogP contribution in [0.2, 0.25) is 5.02 Å². The van der Waals surface area contributed by atoms with Crippen molar-refractivity contribution in [3.63, 3.8) is 0 Å². The van der Waals surface area contributed by atoms with E-state index in [9.17, 15) is 28.8 Å². The highest BCUT2D eigenvalue weighted by Gasteiger charge is 2.45. The fourth-order valence-electron chi connectivity index (χ4n) is 7.77. The number of carbonyl (C=O) groups is 6. The van der Waals surface area contributed by atoms with E-state index < -0.39 is 29.7 Å². The standard InChI is InChI=1S/C44H44ClN9O9/c45-32-23-28(63-27-5-2-1-3-6-27)9-10-29(32)38(56)31-24-48-39-37(31)40(50-25-49-39)51-26-13-17-53(18-14-26)44(60)47-16-20-62-22-21-61-19-15-46-33-8-4-7-30-36(33)43(59)54(42(30)58)34-11-12-35(55)52-41(34)57/h1-10,23-26,34,46H,11-22H2,(H,47,60)(H,52,55,57)(H2,48,49,50,51). The number of urea groups is 1. The predicted octanol–water partition coefficient (Wildman–Crippen LogP) is 4.77. The highest BCUT2D eigenvalue weighted by molar-refractivity contribution is 6.36. The Balaban J connectivity index is 0.725. The highest BCUT2D eigenvalue weighted by atomic mass is 35.5. The number of piperidine rings is 2. The summed E-state index contributed by atoms with van der Waals surface area (Å²) in [6.07, 6.45) is 4.48. The molecule has 2 aromatic heterocycles. The van der Waals surface area contributed by atoms with Crippen molar-refractivity contribution < 1.29 is 43.0 Å². The molecule has 2 fully saturated rings. The molecular formula is C44H44ClN9O9. The fraction of sp³-hybridized carbons (Fsp3) is 0.318. The molecule has 8 rings (SSSR count). The highest BCUT2D eigenvalue weighted by Crippen LogP contribution is 2.34. The van der Waals surface area contributed by atoms with Crippen LogP contribution in [0.15, 0.2) is 79.3 Å². The molecule has 2 saturated heterocycles. The Morgan fingerprint density at radius 3 is 2.37 bits per heavy atom. The number of ketones is 1. The number of ether oxygens (including phenoxy) is 3. The number of halogens is 1. The largest absolute Gasteiger partial charge is 0.457 e. The van der Waals surface area contributed by atoms with Crippen molar-refractivity contribution in [3.8, 4) is 11.5 Å². The van der Waals surface area contributed by atoms with Crippen molar-refractivity contribution in [2.75, 3.05) is 63.2 Å². The number of rotatable bonds is 17. The summed E-state index contributed by atoms with van der Waals surface area (Å²) >= 11 is 6.59. The van der Waals surface area contributed by atoms with Gasteiger partial charge in [-0.15, -0.1) is 0 Å². The molecule has 3 aliphatic rings. The van der Waals surface area contributed by atoms with E-state index >= 15 is 0 Å². The number of aromatic amines is 1. The van der Waals surface area contributed by atoms with Gasteiger partial charge in [0.25, 0.3) is 11.8 Å². The molecule has 1 atom stereocenters.